The SMILES string of the molecule is CCN(CC)C(=O)Cc1c(-c2ccc(CCCF)cc2)nn2c(C)cc(C)nc12. The number of rotatable bonds is 8. The largest absolute Gasteiger partial charge is 0.343 e. The van der Waals surface area contributed by atoms with E-state index in [2.05, 4.69) is 0 Å². The van der Waals surface area contributed by atoms with E-state index < -0.39 is 0 Å². The molecule has 0 N–H and O–H groups in total. The van der Waals surface area contributed by atoms with E-state index >= 15 is 0 Å². The van der Waals surface area contributed by atoms with Gasteiger partial charge in [0.1, 0.15) is 0 Å². The minimum Gasteiger partial charge on any atom is -0.343 e. The van der Waals surface area contributed by atoms with Crippen LogP contribution in [0.5, 0.6) is 0 Å². The van der Waals surface area contributed by atoms with Gasteiger partial charge in [-0.05, 0) is 52.2 Å². The summed E-state index contributed by atoms with van der Waals surface area (Å²) in [6.07, 6.45) is 1.51. The van der Waals surface area contributed by atoms with Gasteiger partial charge in [0.2, 0.25) is 5.91 Å². The number of hydrogen-bond donors (Lipinski definition) is 0. The number of carbonyl (C=O) groups is 1. The number of carbonyl (C=O) groups excluding carboxylic acids is 1. The molecule has 0 spiro atoms. The first-order valence-corrected chi connectivity index (χ1v) is 10.3. The smallest absolute Gasteiger partial charge is 0.227 e. The zero-order chi connectivity index (χ0) is 21.0. The molecule has 0 bridgehead atoms. The summed E-state index contributed by atoms with van der Waals surface area (Å²) in [5, 5.41) is 4.80. The number of amides is 1. The molecule has 2 aromatic heterocycles. The van der Waals surface area contributed by atoms with E-state index in [-0.39, 0.29) is 19.0 Å². The molecule has 0 fully saturated rings. The van der Waals surface area contributed by atoms with E-state index in [0.717, 1.165) is 45.8 Å². The molecule has 3 aromatic rings. The van der Waals surface area contributed by atoms with E-state index in [1.165, 1.54) is 0 Å². The zero-order valence-corrected chi connectivity index (χ0v) is 17.7. The van der Waals surface area contributed by atoms with Crippen LogP contribution in [0.25, 0.3) is 16.9 Å². The molecule has 3 rings (SSSR count). The molecule has 29 heavy (non-hydrogen) atoms. The normalized spacial score (nSPS) is 11.2. The summed E-state index contributed by atoms with van der Waals surface area (Å²) in [6.45, 7) is 8.97. The molecule has 0 radical (unpaired) electrons. The highest BCUT2D eigenvalue weighted by atomic mass is 19.1. The van der Waals surface area contributed by atoms with E-state index in [1.807, 2.05) is 67.4 Å². The second-order valence-electron chi connectivity index (χ2n) is 7.33. The van der Waals surface area contributed by atoms with Gasteiger partial charge in [-0.3, -0.25) is 9.18 Å². The standard InChI is InChI=1S/C23H29FN4O/c1-5-27(6-2)21(29)15-20-22(19-11-9-18(10-12-19)8-7-13-24)26-28-17(4)14-16(3)25-23(20)28/h9-12,14H,5-8,13,15H2,1-4H3. The highest BCUT2D eigenvalue weighted by molar-refractivity contribution is 5.84. The van der Waals surface area contributed by atoms with Crippen LogP contribution in [-0.2, 0) is 17.6 Å². The molecule has 0 saturated carbocycles. The molecule has 0 aliphatic rings. The maximum atomic E-state index is 12.9. The van der Waals surface area contributed by atoms with E-state index in [9.17, 15) is 9.18 Å². The lowest BCUT2D eigenvalue weighted by Gasteiger charge is -2.18. The van der Waals surface area contributed by atoms with Crippen LogP contribution in [0.3, 0.4) is 0 Å². The van der Waals surface area contributed by atoms with Crippen molar-refractivity contribution in [1.29, 1.82) is 0 Å². The van der Waals surface area contributed by atoms with E-state index in [4.69, 9.17) is 10.1 Å². The lowest BCUT2D eigenvalue weighted by Crippen LogP contribution is -2.31. The Labute approximate surface area is 171 Å². The molecular weight excluding hydrogens is 367 g/mol. The van der Waals surface area contributed by atoms with Crippen molar-refractivity contribution in [3.63, 3.8) is 0 Å². The van der Waals surface area contributed by atoms with Crippen LogP contribution < -0.4 is 0 Å². The highest BCUT2D eigenvalue weighted by Gasteiger charge is 2.21. The van der Waals surface area contributed by atoms with Gasteiger partial charge in [0.15, 0.2) is 5.65 Å². The number of nitrogens with zero attached hydrogens (tertiary/aromatic N) is 4. The third-order valence-electron chi connectivity index (χ3n) is 5.26. The van der Waals surface area contributed by atoms with Crippen LogP contribution in [0.15, 0.2) is 30.3 Å². The Bertz CT molecular complexity index is 990. The van der Waals surface area contributed by atoms with Crippen LogP contribution >= 0.6 is 0 Å². The molecular formula is C23H29FN4O. The summed E-state index contributed by atoms with van der Waals surface area (Å²) in [7, 11) is 0. The monoisotopic (exact) mass is 396 g/mol. The van der Waals surface area contributed by atoms with E-state index in [0.29, 0.717) is 19.5 Å². The summed E-state index contributed by atoms with van der Waals surface area (Å²) >= 11 is 0. The zero-order valence-electron chi connectivity index (χ0n) is 17.7. The Morgan fingerprint density at radius 2 is 1.83 bits per heavy atom. The molecule has 0 aliphatic carbocycles. The minimum absolute atomic E-state index is 0.0756. The number of aromatic nitrogens is 3. The average Bonchev–Trinajstić information content (AvgIpc) is 3.06. The Morgan fingerprint density at radius 3 is 2.45 bits per heavy atom. The summed E-state index contributed by atoms with van der Waals surface area (Å²) < 4.78 is 14.3. The number of aryl methyl sites for hydroxylation is 3. The fourth-order valence-corrected chi connectivity index (χ4v) is 3.70. The van der Waals surface area contributed by atoms with Crippen LogP contribution in [0.2, 0.25) is 0 Å². The van der Waals surface area contributed by atoms with Crippen molar-refractivity contribution < 1.29 is 9.18 Å². The quantitative estimate of drug-likeness (QED) is 0.570. The summed E-state index contributed by atoms with van der Waals surface area (Å²) in [4.78, 5) is 19.4. The molecule has 0 aliphatic heterocycles. The van der Waals surface area contributed by atoms with Crippen molar-refractivity contribution in [3.8, 4) is 11.3 Å². The molecule has 0 atom stereocenters. The van der Waals surface area contributed by atoms with E-state index in [1.54, 1.807) is 0 Å². The van der Waals surface area contributed by atoms with Gasteiger partial charge in [-0.1, -0.05) is 24.3 Å². The molecule has 154 valence electrons. The van der Waals surface area contributed by atoms with Gasteiger partial charge < -0.3 is 4.90 Å². The fourth-order valence-electron chi connectivity index (χ4n) is 3.70. The number of halogens is 1. The molecule has 1 aromatic carbocycles. The van der Waals surface area contributed by atoms with Crippen LogP contribution in [0.4, 0.5) is 4.39 Å². The number of fused-ring (bicyclic) bond motifs is 1. The number of alkyl halides is 1. The third-order valence-corrected chi connectivity index (χ3v) is 5.26. The maximum Gasteiger partial charge on any atom is 0.227 e. The van der Waals surface area contributed by atoms with Gasteiger partial charge in [0, 0.05) is 35.6 Å². The second-order valence-corrected chi connectivity index (χ2v) is 7.33. The number of hydrogen-bond acceptors (Lipinski definition) is 3. The molecule has 5 nitrogen and oxygen atoms in total. The van der Waals surface area contributed by atoms with Gasteiger partial charge >= 0.3 is 0 Å². The molecule has 6 heteroatoms. The Kier molecular flexibility index (Phi) is 6.62. The molecule has 0 unspecified atom stereocenters. The van der Waals surface area contributed by atoms with Crippen LogP contribution in [0, 0.1) is 13.8 Å². The predicted molar refractivity (Wildman–Crippen MR) is 114 cm³/mol. The topological polar surface area (TPSA) is 50.5 Å². The van der Waals surface area contributed by atoms with Gasteiger partial charge in [0.25, 0.3) is 0 Å². The molecule has 1 amide bonds. The lowest BCUT2D eigenvalue weighted by atomic mass is 10.0. The van der Waals surface area contributed by atoms with Gasteiger partial charge in [0.05, 0.1) is 18.8 Å². The summed E-state index contributed by atoms with van der Waals surface area (Å²) in [5.41, 5.74) is 6.29. The summed E-state index contributed by atoms with van der Waals surface area (Å²) in [5.74, 6) is 0.0756. The Hall–Kier alpha value is -2.76. The predicted octanol–water partition coefficient (Wildman–Crippen LogP) is 4.33. The second kappa shape index (κ2) is 9.16. The van der Waals surface area contributed by atoms with Gasteiger partial charge in [-0.15, -0.1) is 0 Å². The van der Waals surface area contributed by atoms with Crippen molar-refractivity contribution >= 4 is 11.6 Å². The maximum absolute atomic E-state index is 12.9. The molecule has 0 saturated heterocycles. The van der Waals surface area contributed by atoms with Gasteiger partial charge in [-0.2, -0.15) is 5.10 Å². The lowest BCUT2D eigenvalue weighted by molar-refractivity contribution is -0.130. The third kappa shape index (κ3) is 4.47. The van der Waals surface area contributed by atoms with Gasteiger partial charge in [-0.25, -0.2) is 9.50 Å². The van der Waals surface area contributed by atoms with Crippen molar-refractivity contribution in [2.45, 2.75) is 47.0 Å². The Morgan fingerprint density at radius 1 is 1.14 bits per heavy atom. The first-order chi connectivity index (χ1) is 14.0. The first-order valence-electron chi connectivity index (χ1n) is 10.3. The molecule has 2 heterocycles. The summed E-state index contributed by atoms with van der Waals surface area (Å²) in [6, 6.07) is 10.0. The minimum atomic E-state index is -0.309. The first kappa shape index (κ1) is 21.0. The van der Waals surface area contributed by atoms with Crippen molar-refractivity contribution in [3.05, 3.63) is 52.8 Å². The highest BCUT2D eigenvalue weighted by Crippen LogP contribution is 2.28. The van der Waals surface area contributed by atoms with Crippen molar-refractivity contribution in [2.24, 2.45) is 0 Å². The average molecular weight is 397 g/mol. The number of likely N-dealkylation sites (N-methyl/N-ethyl adjacent to an activating group) is 1. The number of benzene rings is 1. The van der Waals surface area contributed by atoms with Crippen LogP contribution in [-0.4, -0.2) is 45.2 Å². The Balaban J connectivity index is 2.08. The fraction of sp³-hybridized carbons (Fsp3) is 0.435. The van der Waals surface area contributed by atoms with Crippen molar-refractivity contribution in [2.75, 3.05) is 19.8 Å². The van der Waals surface area contributed by atoms with Crippen LogP contribution in [0.1, 0.15) is 42.8 Å². The van der Waals surface area contributed by atoms with Crippen molar-refractivity contribution in [1.82, 2.24) is 19.5 Å².